The second kappa shape index (κ2) is 9.62. The fraction of sp³-hybridized carbons (Fsp3) is 0.429. The molecule has 0 radical (unpaired) electrons. The molecule has 5 nitrogen and oxygen atoms in total. The Morgan fingerprint density at radius 2 is 1.61 bits per heavy atom. The molecule has 3 N–H and O–H groups in total. The number of nitrogens with zero attached hydrogens (tertiary/aromatic N) is 3. The van der Waals surface area contributed by atoms with E-state index in [0.717, 1.165) is 43.8 Å². The van der Waals surface area contributed by atoms with E-state index in [9.17, 15) is 0 Å². The van der Waals surface area contributed by atoms with Crippen LogP contribution in [0, 0.1) is 0 Å². The first-order valence-electron chi connectivity index (χ1n) is 13.6. The lowest BCUT2D eigenvalue weighted by Gasteiger charge is -2.63. The summed E-state index contributed by atoms with van der Waals surface area (Å²) in [4.78, 5) is 16.6. The molecule has 1 aliphatic rings. The normalized spacial score (nSPS) is 19.9. The lowest BCUT2D eigenvalue weighted by atomic mass is 9.14. The number of benzene rings is 1. The Morgan fingerprint density at radius 1 is 0.944 bits per heavy atom. The predicted molar refractivity (Wildman–Crippen MR) is 183 cm³/mol. The zero-order chi connectivity index (χ0) is 26.6. The molecule has 2 heterocycles. The van der Waals surface area contributed by atoms with Gasteiger partial charge in [-0.15, -0.1) is 0 Å². The van der Waals surface area contributed by atoms with Gasteiger partial charge in [0.05, 0.1) is 39.0 Å². The molecule has 0 unspecified atom stereocenters. The molecular formula is C21H37B10N5. The maximum Gasteiger partial charge on any atom is 0.141 e. The summed E-state index contributed by atoms with van der Waals surface area (Å²) in [7, 11) is 23.4. The highest BCUT2D eigenvalue weighted by atomic mass is 15.2. The topological polar surface area (TPSA) is 70.8 Å². The second-order valence-corrected chi connectivity index (χ2v) is 12.7. The number of nitrogens with one attached hydrogen (secondary N) is 1. The third-order valence-corrected chi connectivity index (χ3v) is 10.4. The summed E-state index contributed by atoms with van der Waals surface area (Å²) < 4.78 is 0. The Labute approximate surface area is 226 Å². The zero-order valence-corrected chi connectivity index (χ0v) is 24.3. The number of aromatic amines is 1. The fourth-order valence-electron chi connectivity index (χ4n) is 6.54. The van der Waals surface area contributed by atoms with E-state index in [1.54, 1.807) is 0 Å². The highest BCUT2D eigenvalue weighted by Crippen LogP contribution is 2.64. The average molecular weight is 468 g/mol. The number of fused-ring (bicyclic) bond motifs is 2. The third-order valence-electron chi connectivity index (χ3n) is 10.4. The van der Waals surface area contributed by atoms with Crippen molar-refractivity contribution in [1.29, 1.82) is 0 Å². The Bertz CT molecular complexity index is 1250. The Hall–Kier alpha value is -1.59. The van der Waals surface area contributed by atoms with Crippen LogP contribution in [-0.2, 0) is 11.8 Å². The highest BCUT2D eigenvalue weighted by Gasteiger charge is 2.57. The van der Waals surface area contributed by atoms with Crippen LogP contribution in [0.1, 0.15) is 36.0 Å². The van der Waals surface area contributed by atoms with Crippen molar-refractivity contribution in [3.8, 4) is 0 Å². The van der Waals surface area contributed by atoms with Gasteiger partial charge in [0.1, 0.15) is 68.6 Å². The van der Waals surface area contributed by atoms with Crippen LogP contribution in [-0.4, -0.2) is 111 Å². The van der Waals surface area contributed by atoms with Crippen molar-refractivity contribution in [1.82, 2.24) is 19.9 Å². The van der Waals surface area contributed by atoms with E-state index in [-0.39, 0.29) is 21.7 Å². The minimum atomic E-state index is -0.0222. The average Bonchev–Trinajstić information content (AvgIpc) is 3.25. The number of pyridine rings is 1. The number of unbranched alkanes of at least 4 members (excludes halogenated alkanes) is 1. The summed E-state index contributed by atoms with van der Waals surface area (Å²) in [6.07, 6.45) is 4.05. The van der Waals surface area contributed by atoms with Crippen molar-refractivity contribution >= 4 is 111 Å². The fourth-order valence-corrected chi connectivity index (χ4v) is 6.54. The quantitative estimate of drug-likeness (QED) is 0.268. The first-order valence-corrected chi connectivity index (χ1v) is 13.6. The number of hydrogen-bond donors (Lipinski definition) is 2. The van der Waals surface area contributed by atoms with Crippen LogP contribution in [0.4, 0.5) is 0 Å². The van der Waals surface area contributed by atoms with Crippen LogP contribution >= 0.6 is 0 Å². The van der Waals surface area contributed by atoms with Gasteiger partial charge in [0, 0.05) is 12.2 Å². The molecule has 1 aliphatic carbocycles. The lowest BCUT2D eigenvalue weighted by Crippen LogP contribution is -2.59. The number of H-pyrrole nitrogens is 1. The van der Waals surface area contributed by atoms with E-state index in [4.69, 9.17) is 15.7 Å². The van der Waals surface area contributed by atoms with Gasteiger partial charge in [-0.1, -0.05) is 43.6 Å². The van der Waals surface area contributed by atoms with Gasteiger partial charge in [0.25, 0.3) is 0 Å². The van der Waals surface area contributed by atoms with Crippen molar-refractivity contribution in [3.63, 3.8) is 0 Å². The third kappa shape index (κ3) is 4.09. The molecule has 1 aromatic carbocycles. The van der Waals surface area contributed by atoms with Gasteiger partial charge in [0.2, 0.25) is 0 Å². The smallest absolute Gasteiger partial charge is 0.141 e. The standard InChI is InChI=1S/C21H37B10N5/c22-11-12(23)14(25)17-16(13(11)24)34-10(35-17)8-36(7-2-1-5-32)18-15-9(4-3-6-33-15)19(26,27)21(30,31)20(18,28)29/h3-4,6,18H,1-2,5,7-8,22-32H2,(H,34,35)/t18-/m1/s1. The molecule has 36 heavy (non-hydrogen) atoms. The van der Waals surface area contributed by atoms with Gasteiger partial charge >= 0.3 is 0 Å². The number of rotatable bonds is 7. The number of hydrogen-bond acceptors (Lipinski definition) is 4. The molecule has 0 fully saturated rings. The van der Waals surface area contributed by atoms with E-state index in [2.05, 4.69) is 100 Å². The second-order valence-electron chi connectivity index (χ2n) is 12.7. The van der Waals surface area contributed by atoms with Crippen molar-refractivity contribution in [3.05, 3.63) is 35.4 Å². The Kier molecular flexibility index (Phi) is 7.33. The summed E-state index contributed by atoms with van der Waals surface area (Å²) in [5, 5.41) is 0.0237. The van der Waals surface area contributed by atoms with Crippen LogP contribution in [0.5, 0.6) is 0 Å². The minimum Gasteiger partial charge on any atom is -0.341 e. The van der Waals surface area contributed by atoms with Gasteiger partial charge in [-0.2, -0.15) is 0 Å². The van der Waals surface area contributed by atoms with E-state index in [0.29, 0.717) is 0 Å². The van der Waals surface area contributed by atoms with E-state index in [1.165, 1.54) is 38.6 Å². The maximum absolute atomic E-state index is 5.92. The van der Waals surface area contributed by atoms with Crippen LogP contribution in [0.2, 0.25) is 10.4 Å². The van der Waals surface area contributed by atoms with Crippen molar-refractivity contribution in [2.75, 3.05) is 13.1 Å². The van der Waals surface area contributed by atoms with E-state index >= 15 is 0 Å². The monoisotopic (exact) mass is 469 g/mol. The molecule has 0 bridgehead atoms. The molecule has 0 aliphatic heterocycles. The first-order chi connectivity index (χ1) is 16.8. The van der Waals surface area contributed by atoms with Gasteiger partial charge in [0.15, 0.2) is 0 Å². The SMILES string of the molecule is Bc1c(B)c(B)c2[nH]c(CN(CCCCN)[C@@H]3c4ncccc4C(B)(B)C(B)(B)C3(B)B)nc2c1B. The summed E-state index contributed by atoms with van der Waals surface area (Å²) in [5.74, 6) is 1.03. The van der Waals surface area contributed by atoms with Crippen molar-refractivity contribution in [2.24, 2.45) is 5.73 Å². The summed E-state index contributed by atoms with van der Waals surface area (Å²) in [6.45, 7) is 2.44. The molecule has 3 aromatic rings. The number of nitrogens with two attached hydrogens (primary N) is 1. The lowest BCUT2D eigenvalue weighted by molar-refractivity contribution is 0.139. The highest BCUT2D eigenvalue weighted by molar-refractivity contribution is 6.66. The summed E-state index contributed by atoms with van der Waals surface area (Å²) >= 11 is 0. The Morgan fingerprint density at radius 3 is 2.28 bits per heavy atom. The first kappa shape index (κ1) is 27.4. The molecule has 176 valence electrons. The van der Waals surface area contributed by atoms with Gasteiger partial charge < -0.3 is 10.7 Å². The van der Waals surface area contributed by atoms with Gasteiger partial charge in [-0.25, -0.2) is 4.98 Å². The van der Waals surface area contributed by atoms with E-state index in [1.807, 2.05) is 6.20 Å². The summed E-state index contributed by atoms with van der Waals surface area (Å²) in [5.41, 5.74) is 16.1. The molecule has 0 amide bonds. The molecule has 0 spiro atoms. The molecule has 0 saturated heterocycles. The van der Waals surface area contributed by atoms with E-state index < -0.39 is 0 Å². The van der Waals surface area contributed by atoms with Crippen LogP contribution in [0.15, 0.2) is 18.3 Å². The van der Waals surface area contributed by atoms with Gasteiger partial charge in [-0.3, -0.25) is 9.88 Å². The van der Waals surface area contributed by atoms with Crippen LogP contribution in [0.25, 0.3) is 11.0 Å². The van der Waals surface area contributed by atoms with Crippen molar-refractivity contribution < 1.29 is 0 Å². The minimum absolute atomic E-state index is 0.00214. The van der Waals surface area contributed by atoms with Crippen LogP contribution < -0.4 is 27.6 Å². The largest absolute Gasteiger partial charge is 0.341 e. The van der Waals surface area contributed by atoms with Crippen LogP contribution in [0.3, 0.4) is 0 Å². The maximum atomic E-state index is 5.92. The van der Waals surface area contributed by atoms with Gasteiger partial charge in [-0.05, 0) is 37.6 Å². The molecule has 2 aromatic heterocycles. The molecular weight excluding hydrogens is 430 g/mol. The predicted octanol–water partition coefficient (Wildman–Crippen LogP) is -9.53. The summed E-state index contributed by atoms with van der Waals surface area (Å²) in [6, 6.07) is 4.57. The zero-order valence-electron chi connectivity index (χ0n) is 24.3. The number of aromatic nitrogens is 3. The van der Waals surface area contributed by atoms with Crippen molar-refractivity contribution in [2.45, 2.75) is 41.1 Å². The molecule has 1 atom stereocenters. The molecule has 0 saturated carbocycles. The molecule has 4 rings (SSSR count). The number of imidazole rings is 1. The Balaban J connectivity index is 1.85. The molecule has 15 heteroatoms.